The minimum absolute atomic E-state index is 0.205. The van der Waals surface area contributed by atoms with Gasteiger partial charge in [-0.15, -0.1) is 0 Å². The number of hydrogen-bond acceptors (Lipinski definition) is 2. The largest absolute Gasteiger partial charge is 0.481 e. The van der Waals surface area contributed by atoms with Gasteiger partial charge in [0.1, 0.15) is 0 Å². The number of hydrogen-bond donors (Lipinski definition) is 1. The number of rotatable bonds is 5. The Bertz CT molecular complexity index is 454. The van der Waals surface area contributed by atoms with Gasteiger partial charge in [0.15, 0.2) is 0 Å². The van der Waals surface area contributed by atoms with Crippen LogP contribution >= 0.6 is 0 Å². The number of aryl methyl sites for hydroxylation is 1. The first-order valence-corrected chi connectivity index (χ1v) is 7.15. The molecule has 0 aliphatic heterocycles. The zero-order chi connectivity index (χ0) is 13.9. The summed E-state index contributed by atoms with van der Waals surface area (Å²) < 4.78 is 0. The van der Waals surface area contributed by atoms with Gasteiger partial charge in [-0.3, -0.25) is 9.69 Å². The minimum Gasteiger partial charge on any atom is -0.481 e. The molecule has 3 nitrogen and oxygen atoms in total. The summed E-state index contributed by atoms with van der Waals surface area (Å²) in [5.74, 6) is -0.689. The van der Waals surface area contributed by atoms with Crippen molar-refractivity contribution >= 4 is 5.97 Å². The fourth-order valence-electron chi connectivity index (χ4n) is 3.49. The summed E-state index contributed by atoms with van der Waals surface area (Å²) in [5.41, 5.74) is 2.50. The highest BCUT2D eigenvalue weighted by Crippen LogP contribution is 2.35. The van der Waals surface area contributed by atoms with Gasteiger partial charge in [-0.25, -0.2) is 0 Å². The van der Waals surface area contributed by atoms with E-state index in [2.05, 4.69) is 43.0 Å². The van der Waals surface area contributed by atoms with Crippen molar-refractivity contribution in [2.75, 3.05) is 13.1 Å². The Morgan fingerprint density at radius 1 is 1.26 bits per heavy atom. The number of carbonyl (C=O) groups is 1. The fourth-order valence-corrected chi connectivity index (χ4v) is 3.49. The SMILES string of the molecule is CCN(CC)C1(CC(=O)O)CCc2ccccc2C1. The summed E-state index contributed by atoms with van der Waals surface area (Å²) in [7, 11) is 0. The number of aliphatic carboxylic acids is 1. The van der Waals surface area contributed by atoms with Crippen LogP contribution in [0.25, 0.3) is 0 Å². The number of carboxylic acid groups (broad SMARTS) is 1. The summed E-state index contributed by atoms with van der Waals surface area (Å²) in [6.45, 7) is 6.05. The van der Waals surface area contributed by atoms with Crippen molar-refractivity contribution in [3.63, 3.8) is 0 Å². The van der Waals surface area contributed by atoms with Crippen molar-refractivity contribution in [1.29, 1.82) is 0 Å². The molecule has 104 valence electrons. The van der Waals surface area contributed by atoms with Crippen LogP contribution in [0.3, 0.4) is 0 Å². The van der Waals surface area contributed by atoms with E-state index in [-0.39, 0.29) is 12.0 Å². The molecule has 0 bridgehead atoms. The highest BCUT2D eigenvalue weighted by atomic mass is 16.4. The molecule has 1 aromatic carbocycles. The van der Waals surface area contributed by atoms with E-state index in [4.69, 9.17) is 0 Å². The van der Waals surface area contributed by atoms with Crippen LogP contribution in [0, 0.1) is 0 Å². The minimum atomic E-state index is -0.689. The van der Waals surface area contributed by atoms with Crippen molar-refractivity contribution < 1.29 is 9.90 Å². The molecule has 0 saturated heterocycles. The lowest BCUT2D eigenvalue weighted by Gasteiger charge is -2.45. The van der Waals surface area contributed by atoms with Crippen LogP contribution in [-0.2, 0) is 17.6 Å². The molecule has 1 aliphatic carbocycles. The number of fused-ring (bicyclic) bond motifs is 1. The molecule has 0 amide bonds. The van der Waals surface area contributed by atoms with E-state index in [0.29, 0.717) is 0 Å². The van der Waals surface area contributed by atoms with E-state index in [1.807, 2.05) is 0 Å². The van der Waals surface area contributed by atoms with E-state index < -0.39 is 5.97 Å². The molecule has 19 heavy (non-hydrogen) atoms. The van der Waals surface area contributed by atoms with Gasteiger partial charge in [0.05, 0.1) is 6.42 Å². The Labute approximate surface area is 115 Å². The molecule has 0 fully saturated rings. The maximum absolute atomic E-state index is 11.3. The highest BCUT2D eigenvalue weighted by molar-refractivity contribution is 5.68. The second kappa shape index (κ2) is 5.74. The molecule has 1 aliphatic rings. The van der Waals surface area contributed by atoms with E-state index in [1.165, 1.54) is 11.1 Å². The Morgan fingerprint density at radius 2 is 1.89 bits per heavy atom. The average molecular weight is 261 g/mol. The third-order valence-electron chi connectivity index (χ3n) is 4.41. The molecule has 0 spiro atoms. The summed E-state index contributed by atoms with van der Waals surface area (Å²) >= 11 is 0. The summed E-state index contributed by atoms with van der Waals surface area (Å²) in [6.07, 6.45) is 3.03. The Morgan fingerprint density at radius 3 is 2.47 bits per heavy atom. The molecule has 1 aromatic rings. The second-order valence-electron chi connectivity index (χ2n) is 5.41. The zero-order valence-electron chi connectivity index (χ0n) is 11.9. The van der Waals surface area contributed by atoms with Crippen LogP contribution in [-0.4, -0.2) is 34.6 Å². The van der Waals surface area contributed by atoms with Gasteiger partial charge in [-0.05, 0) is 43.5 Å². The topological polar surface area (TPSA) is 40.5 Å². The van der Waals surface area contributed by atoms with E-state index in [0.717, 1.165) is 32.4 Å². The standard InChI is InChI=1S/C16H23NO2/c1-3-17(4-2)16(12-15(18)19)10-9-13-7-5-6-8-14(13)11-16/h5-8H,3-4,9-12H2,1-2H3,(H,18,19). The van der Waals surface area contributed by atoms with Crippen LogP contribution in [0.1, 0.15) is 37.8 Å². The monoisotopic (exact) mass is 261 g/mol. The van der Waals surface area contributed by atoms with Crippen molar-refractivity contribution in [2.45, 2.75) is 45.1 Å². The zero-order valence-corrected chi connectivity index (χ0v) is 11.9. The Hall–Kier alpha value is -1.35. The average Bonchev–Trinajstić information content (AvgIpc) is 2.39. The number of nitrogens with zero attached hydrogens (tertiary/aromatic N) is 1. The predicted molar refractivity (Wildman–Crippen MR) is 76.4 cm³/mol. The second-order valence-corrected chi connectivity index (χ2v) is 5.41. The van der Waals surface area contributed by atoms with Crippen molar-refractivity contribution in [1.82, 2.24) is 4.90 Å². The molecule has 0 aromatic heterocycles. The fraction of sp³-hybridized carbons (Fsp3) is 0.562. The lowest BCUT2D eigenvalue weighted by atomic mass is 9.74. The van der Waals surface area contributed by atoms with Gasteiger partial charge < -0.3 is 5.11 Å². The molecule has 0 heterocycles. The van der Waals surface area contributed by atoms with E-state index in [1.54, 1.807) is 0 Å². The predicted octanol–water partition coefficient (Wildman–Crippen LogP) is 2.73. The quantitative estimate of drug-likeness (QED) is 0.886. The van der Waals surface area contributed by atoms with Crippen LogP contribution in [0.4, 0.5) is 0 Å². The molecule has 0 radical (unpaired) electrons. The molecule has 1 N–H and O–H groups in total. The van der Waals surface area contributed by atoms with Crippen LogP contribution in [0.2, 0.25) is 0 Å². The summed E-state index contributed by atoms with van der Waals surface area (Å²) in [5, 5.41) is 9.29. The van der Waals surface area contributed by atoms with Crippen molar-refractivity contribution in [2.24, 2.45) is 0 Å². The van der Waals surface area contributed by atoms with E-state index in [9.17, 15) is 9.90 Å². The smallest absolute Gasteiger partial charge is 0.305 e. The molecule has 0 saturated carbocycles. The van der Waals surface area contributed by atoms with Crippen LogP contribution in [0.15, 0.2) is 24.3 Å². The van der Waals surface area contributed by atoms with Crippen LogP contribution < -0.4 is 0 Å². The van der Waals surface area contributed by atoms with Gasteiger partial charge in [0.2, 0.25) is 0 Å². The van der Waals surface area contributed by atoms with E-state index >= 15 is 0 Å². The van der Waals surface area contributed by atoms with Crippen molar-refractivity contribution in [3.05, 3.63) is 35.4 Å². The molecular weight excluding hydrogens is 238 g/mol. The third kappa shape index (κ3) is 2.81. The third-order valence-corrected chi connectivity index (χ3v) is 4.41. The number of likely N-dealkylation sites (N-methyl/N-ethyl adjacent to an activating group) is 1. The van der Waals surface area contributed by atoms with Gasteiger partial charge in [-0.1, -0.05) is 38.1 Å². The molecule has 3 heteroatoms. The van der Waals surface area contributed by atoms with Gasteiger partial charge in [0.25, 0.3) is 0 Å². The molecule has 2 rings (SSSR count). The van der Waals surface area contributed by atoms with Crippen molar-refractivity contribution in [3.8, 4) is 0 Å². The van der Waals surface area contributed by atoms with Gasteiger partial charge in [0, 0.05) is 5.54 Å². The number of benzene rings is 1. The maximum Gasteiger partial charge on any atom is 0.305 e. The first-order valence-electron chi connectivity index (χ1n) is 7.15. The molecule has 1 unspecified atom stereocenters. The lowest BCUT2D eigenvalue weighted by molar-refractivity contribution is -0.140. The Balaban J connectivity index is 2.33. The lowest BCUT2D eigenvalue weighted by Crippen LogP contribution is -2.53. The normalized spacial score (nSPS) is 22.3. The highest BCUT2D eigenvalue weighted by Gasteiger charge is 2.40. The maximum atomic E-state index is 11.3. The van der Waals surface area contributed by atoms with Crippen LogP contribution in [0.5, 0.6) is 0 Å². The Kier molecular flexibility index (Phi) is 4.25. The van der Waals surface area contributed by atoms with Gasteiger partial charge >= 0.3 is 5.97 Å². The van der Waals surface area contributed by atoms with Gasteiger partial charge in [-0.2, -0.15) is 0 Å². The summed E-state index contributed by atoms with van der Waals surface area (Å²) in [6, 6.07) is 8.44. The molecular formula is C16H23NO2. The summed E-state index contributed by atoms with van der Waals surface area (Å²) in [4.78, 5) is 13.6. The first kappa shape index (κ1) is 14.1. The molecule has 1 atom stereocenters. The number of carboxylic acids is 1. The first-order chi connectivity index (χ1) is 9.11.